The standard InChI is InChI=1S/C38H61N9O12/c1-7-21(6)32(47-37(58)28(18-48)46-33(54)24(39)14-22-8-10-23(49)11-9-22)38(59)45-27(15-29(40)50)35(56)41-16-30(51)43-26(13-20(4)5)36(57)44-25(12-19(2)3)34(55)42-17-31(52)53/h8-11,19-21,24-28,32,48-49H,7,12-18,39H2,1-6H3,(H2,40,50)(H,41,56)(H,42,55)(H,43,51)(H,44,57)(H,45,59)(H,46,54)(H,47,58)(H,52,53)/t21-,24-,25-,26-,27-,28-,32-/m0/s1. The van der Waals surface area contributed by atoms with Crippen LogP contribution in [0.5, 0.6) is 5.75 Å². The molecule has 59 heavy (non-hydrogen) atoms. The van der Waals surface area contributed by atoms with Crippen LogP contribution in [0.4, 0.5) is 0 Å². The van der Waals surface area contributed by atoms with Gasteiger partial charge in [0.1, 0.15) is 42.5 Å². The molecule has 0 spiro atoms. The number of nitrogens with one attached hydrogen (secondary N) is 7. The molecule has 14 N–H and O–H groups in total. The molecule has 1 aromatic carbocycles. The average Bonchev–Trinajstić information content (AvgIpc) is 3.15. The molecule has 0 heterocycles. The first-order valence-electron chi connectivity index (χ1n) is 19.3. The van der Waals surface area contributed by atoms with Crippen LogP contribution in [0.2, 0.25) is 0 Å². The normalized spacial score (nSPS) is 14.6. The zero-order valence-corrected chi connectivity index (χ0v) is 34.3. The molecular weight excluding hydrogens is 774 g/mol. The Kier molecular flexibility index (Phi) is 22.1. The quantitative estimate of drug-likeness (QED) is 0.0444. The highest BCUT2D eigenvalue weighted by Gasteiger charge is 2.34. The minimum Gasteiger partial charge on any atom is -0.508 e. The summed E-state index contributed by atoms with van der Waals surface area (Å²) in [4.78, 5) is 115. The van der Waals surface area contributed by atoms with E-state index in [9.17, 15) is 53.4 Å². The van der Waals surface area contributed by atoms with Gasteiger partial charge in [0.2, 0.25) is 47.3 Å². The third kappa shape index (κ3) is 19.4. The van der Waals surface area contributed by atoms with Crippen molar-refractivity contribution in [3.05, 3.63) is 29.8 Å². The molecule has 0 aliphatic rings. The smallest absolute Gasteiger partial charge is 0.322 e. The number of hydrogen-bond acceptors (Lipinski definition) is 12. The summed E-state index contributed by atoms with van der Waals surface area (Å²) in [5.41, 5.74) is 12.0. The minimum absolute atomic E-state index is 0.0152. The lowest BCUT2D eigenvalue weighted by Gasteiger charge is -2.28. The molecule has 0 fully saturated rings. The van der Waals surface area contributed by atoms with E-state index in [0.717, 1.165) is 0 Å². The fraction of sp³-hybridized carbons (Fsp3) is 0.605. The molecular formula is C38H61N9O12. The molecule has 7 atom stereocenters. The lowest BCUT2D eigenvalue weighted by molar-refractivity contribution is -0.138. The second-order valence-corrected chi connectivity index (χ2v) is 15.1. The first-order valence-corrected chi connectivity index (χ1v) is 19.3. The lowest BCUT2D eigenvalue weighted by atomic mass is 9.97. The van der Waals surface area contributed by atoms with Gasteiger partial charge in [-0.3, -0.25) is 43.2 Å². The second kappa shape index (κ2) is 25.5. The van der Waals surface area contributed by atoms with Crippen LogP contribution in [0.15, 0.2) is 24.3 Å². The van der Waals surface area contributed by atoms with Crippen LogP contribution in [0.1, 0.15) is 72.8 Å². The van der Waals surface area contributed by atoms with Gasteiger partial charge in [0, 0.05) is 0 Å². The van der Waals surface area contributed by atoms with E-state index in [4.69, 9.17) is 16.6 Å². The number of benzene rings is 1. The lowest BCUT2D eigenvalue weighted by Crippen LogP contribution is -2.60. The third-order valence-electron chi connectivity index (χ3n) is 8.91. The van der Waals surface area contributed by atoms with E-state index in [1.807, 2.05) is 0 Å². The second-order valence-electron chi connectivity index (χ2n) is 15.1. The largest absolute Gasteiger partial charge is 0.508 e. The first kappa shape index (κ1) is 51.2. The van der Waals surface area contributed by atoms with E-state index in [2.05, 4.69) is 37.2 Å². The van der Waals surface area contributed by atoms with Gasteiger partial charge in [-0.1, -0.05) is 60.1 Å². The molecule has 0 bridgehead atoms. The summed E-state index contributed by atoms with van der Waals surface area (Å²) in [6.07, 6.45) is -0.0594. The number of amides is 8. The Morgan fingerprint density at radius 2 is 1.14 bits per heavy atom. The van der Waals surface area contributed by atoms with Gasteiger partial charge in [0.05, 0.1) is 25.6 Å². The molecule has 8 amide bonds. The Morgan fingerprint density at radius 1 is 0.644 bits per heavy atom. The number of aromatic hydroxyl groups is 1. The Labute approximate surface area is 342 Å². The van der Waals surface area contributed by atoms with Crippen LogP contribution in [-0.4, -0.2) is 124 Å². The van der Waals surface area contributed by atoms with Crippen molar-refractivity contribution in [1.82, 2.24) is 37.2 Å². The molecule has 1 aromatic rings. The van der Waals surface area contributed by atoms with Crippen LogP contribution < -0.4 is 48.7 Å². The van der Waals surface area contributed by atoms with E-state index in [0.29, 0.717) is 12.0 Å². The third-order valence-corrected chi connectivity index (χ3v) is 8.91. The van der Waals surface area contributed by atoms with Gasteiger partial charge in [-0.2, -0.15) is 0 Å². The number of carbonyl (C=O) groups is 9. The SMILES string of the molecule is CC[C@H](C)[C@H](NC(=O)[C@H](CO)NC(=O)[C@@H](N)Cc1ccc(O)cc1)C(=O)N[C@@H](CC(N)=O)C(=O)NCC(=O)N[C@@H](CC(C)C)C(=O)N[C@@H](CC(C)C)C(=O)NCC(=O)O. The highest BCUT2D eigenvalue weighted by atomic mass is 16.4. The number of carboxylic acids is 1. The Balaban J connectivity index is 3.04. The molecule has 0 aliphatic heterocycles. The molecule has 0 unspecified atom stereocenters. The monoisotopic (exact) mass is 835 g/mol. The number of carboxylic acid groups (broad SMARTS) is 1. The Hall–Kier alpha value is -5.83. The van der Waals surface area contributed by atoms with Crippen molar-refractivity contribution in [2.24, 2.45) is 29.2 Å². The van der Waals surface area contributed by atoms with Crippen molar-refractivity contribution in [3.8, 4) is 5.75 Å². The van der Waals surface area contributed by atoms with Crippen molar-refractivity contribution >= 4 is 53.2 Å². The predicted octanol–water partition coefficient (Wildman–Crippen LogP) is -2.99. The van der Waals surface area contributed by atoms with Gasteiger partial charge in [0.15, 0.2) is 0 Å². The summed E-state index contributed by atoms with van der Waals surface area (Å²) in [5.74, 6) is -9.03. The molecule has 0 radical (unpaired) electrons. The Morgan fingerprint density at radius 3 is 1.64 bits per heavy atom. The molecule has 21 heteroatoms. The van der Waals surface area contributed by atoms with Gasteiger partial charge in [-0.25, -0.2) is 0 Å². The number of aliphatic hydroxyl groups excluding tert-OH is 1. The molecule has 330 valence electrons. The number of hydrogen-bond donors (Lipinski definition) is 12. The van der Waals surface area contributed by atoms with E-state index < -0.39 is 122 Å². The summed E-state index contributed by atoms with van der Waals surface area (Å²) in [6, 6.07) is -2.00. The number of rotatable bonds is 26. The summed E-state index contributed by atoms with van der Waals surface area (Å²) in [7, 11) is 0. The molecule has 21 nitrogen and oxygen atoms in total. The van der Waals surface area contributed by atoms with Gasteiger partial charge in [0.25, 0.3) is 0 Å². The summed E-state index contributed by atoms with van der Waals surface area (Å²) < 4.78 is 0. The van der Waals surface area contributed by atoms with Crippen molar-refractivity contribution < 1.29 is 58.5 Å². The number of carbonyl (C=O) groups excluding carboxylic acids is 8. The predicted molar refractivity (Wildman–Crippen MR) is 212 cm³/mol. The van der Waals surface area contributed by atoms with Crippen LogP contribution in [0.25, 0.3) is 0 Å². The van der Waals surface area contributed by atoms with Crippen molar-refractivity contribution in [3.63, 3.8) is 0 Å². The van der Waals surface area contributed by atoms with Gasteiger partial charge in [-0.05, 0) is 54.7 Å². The van der Waals surface area contributed by atoms with E-state index in [1.165, 1.54) is 12.1 Å². The fourth-order valence-corrected chi connectivity index (χ4v) is 5.58. The van der Waals surface area contributed by atoms with E-state index >= 15 is 0 Å². The number of phenolic OH excluding ortho intramolecular Hbond substituents is 1. The van der Waals surface area contributed by atoms with E-state index in [-0.39, 0.29) is 36.8 Å². The molecule has 0 saturated carbocycles. The fourth-order valence-electron chi connectivity index (χ4n) is 5.58. The molecule has 0 aliphatic carbocycles. The number of nitrogens with two attached hydrogens (primary N) is 2. The maximum absolute atomic E-state index is 13.6. The first-order chi connectivity index (χ1) is 27.6. The number of phenols is 1. The number of aliphatic hydroxyl groups is 1. The summed E-state index contributed by atoms with van der Waals surface area (Å²) in [5, 5.41) is 45.1. The maximum Gasteiger partial charge on any atom is 0.322 e. The van der Waals surface area contributed by atoms with Gasteiger partial charge < -0.3 is 64.0 Å². The van der Waals surface area contributed by atoms with Crippen LogP contribution in [-0.2, 0) is 49.6 Å². The van der Waals surface area contributed by atoms with E-state index in [1.54, 1.807) is 53.7 Å². The number of primary amides is 1. The van der Waals surface area contributed by atoms with Crippen LogP contribution in [0.3, 0.4) is 0 Å². The maximum atomic E-state index is 13.6. The van der Waals surface area contributed by atoms with Gasteiger partial charge >= 0.3 is 5.97 Å². The average molecular weight is 836 g/mol. The zero-order valence-electron chi connectivity index (χ0n) is 34.3. The van der Waals surface area contributed by atoms with Crippen molar-refractivity contribution in [2.45, 2.75) is 110 Å². The minimum atomic E-state index is -1.63. The topological polar surface area (TPSA) is 351 Å². The van der Waals surface area contributed by atoms with Crippen molar-refractivity contribution in [1.29, 1.82) is 0 Å². The molecule has 1 rings (SSSR count). The molecule has 0 saturated heterocycles. The van der Waals surface area contributed by atoms with Crippen LogP contribution >= 0.6 is 0 Å². The highest BCUT2D eigenvalue weighted by Crippen LogP contribution is 2.13. The number of aliphatic carboxylic acids is 1. The highest BCUT2D eigenvalue weighted by molar-refractivity contribution is 5.98. The zero-order chi connectivity index (χ0) is 45.0. The van der Waals surface area contributed by atoms with Crippen LogP contribution in [0, 0.1) is 17.8 Å². The summed E-state index contributed by atoms with van der Waals surface area (Å²) >= 11 is 0. The van der Waals surface area contributed by atoms with Crippen molar-refractivity contribution in [2.75, 3.05) is 19.7 Å². The van der Waals surface area contributed by atoms with Gasteiger partial charge in [-0.15, -0.1) is 0 Å². The molecule has 0 aromatic heterocycles. The summed E-state index contributed by atoms with van der Waals surface area (Å²) in [6.45, 7) is 8.21. The Bertz CT molecular complexity index is 1620.